The third kappa shape index (κ3) is 3.33. The molecule has 2 aromatic heterocycles. The van der Waals surface area contributed by atoms with Crippen molar-refractivity contribution in [3.05, 3.63) is 24.5 Å². The molecule has 2 saturated heterocycles. The molecule has 4 heterocycles. The van der Waals surface area contributed by atoms with Gasteiger partial charge in [-0.2, -0.15) is 0 Å². The van der Waals surface area contributed by atoms with E-state index in [0.29, 0.717) is 18.2 Å². The number of hydrogen-bond acceptors (Lipinski definition) is 7. The van der Waals surface area contributed by atoms with E-state index in [1.54, 1.807) is 22.2 Å². The van der Waals surface area contributed by atoms with Crippen molar-refractivity contribution >= 4 is 33.3 Å². The summed E-state index contributed by atoms with van der Waals surface area (Å²) in [7, 11) is 0. The van der Waals surface area contributed by atoms with Gasteiger partial charge in [0.1, 0.15) is 0 Å². The molecule has 0 bridgehead atoms. The highest BCUT2D eigenvalue weighted by molar-refractivity contribution is 7.19. The van der Waals surface area contributed by atoms with Gasteiger partial charge in [-0.05, 0) is 25.0 Å². The number of anilines is 3. The molecule has 148 valence electrons. The summed E-state index contributed by atoms with van der Waals surface area (Å²) in [5.41, 5.74) is 0.871. The van der Waals surface area contributed by atoms with Gasteiger partial charge in [-0.1, -0.05) is 24.2 Å². The van der Waals surface area contributed by atoms with Crippen LogP contribution in [0.4, 0.5) is 20.7 Å². The second-order valence-electron chi connectivity index (χ2n) is 7.62. The normalized spacial score (nSPS) is 21.9. The molecule has 1 aliphatic carbocycles. The van der Waals surface area contributed by atoms with Crippen LogP contribution in [0.3, 0.4) is 0 Å². The average molecular weight is 400 g/mol. The minimum Gasteiger partial charge on any atom is -0.344 e. The van der Waals surface area contributed by atoms with E-state index in [-0.39, 0.29) is 6.03 Å². The molecule has 0 aromatic carbocycles. The molecular weight excluding hydrogens is 374 g/mol. The van der Waals surface area contributed by atoms with Crippen LogP contribution in [-0.4, -0.2) is 71.4 Å². The molecule has 8 nitrogen and oxygen atoms in total. The van der Waals surface area contributed by atoms with Crippen LogP contribution >= 0.6 is 11.3 Å². The lowest BCUT2D eigenvalue weighted by atomic mass is 10.2. The summed E-state index contributed by atoms with van der Waals surface area (Å²) in [6, 6.07) is 4.46. The molecule has 1 saturated carbocycles. The Morgan fingerprint density at radius 3 is 2.29 bits per heavy atom. The second-order valence-corrected chi connectivity index (χ2v) is 8.55. The van der Waals surface area contributed by atoms with E-state index in [1.165, 1.54) is 37.0 Å². The van der Waals surface area contributed by atoms with E-state index in [2.05, 4.69) is 25.0 Å². The molecule has 0 N–H and O–H groups in total. The number of nitrogens with zero attached hydrogens (tertiary/aromatic N) is 7. The molecule has 9 heteroatoms. The quantitative estimate of drug-likeness (QED) is 0.787. The topological polar surface area (TPSA) is 68.7 Å². The minimum absolute atomic E-state index is 0.0417. The Morgan fingerprint density at radius 1 is 0.857 bits per heavy atom. The summed E-state index contributed by atoms with van der Waals surface area (Å²) < 4.78 is 0. The fourth-order valence-corrected chi connectivity index (χ4v) is 5.39. The standard InChI is InChI=1S/C19H25N7OS/c27-19-25(16-5-7-20-8-6-16)13-14-26(19)18-22-21-17(28-18)24-11-9-23(10-12-24)15-3-1-2-4-15/h5-8,15H,1-4,9-14H2. The van der Waals surface area contributed by atoms with Gasteiger partial charge >= 0.3 is 6.03 Å². The summed E-state index contributed by atoms with van der Waals surface area (Å²) in [4.78, 5) is 25.3. The number of pyridine rings is 1. The van der Waals surface area contributed by atoms with Gasteiger partial charge in [-0.15, -0.1) is 10.2 Å². The second kappa shape index (κ2) is 7.63. The highest BCUT2D eigenvalue weighted by Crippen LogP contribution is 2.32. The Hall–Kier alpha value is -2.26. The van der Waals surface area contributed by atoms with Crippen LogP contribution in [0.5, 0.6) is 0 Å². The predicted molar refractivity (Wildman–Crippen MR) is 110 cm³/mol. The Bertz CT molecular complexity index is 815. The lowest BCUT2D eigenvalue weighted by Crippen LogP contribution is -2.49. The van der Waals surface area contributed by atoms with Crippen LogP contribution in [0.15, 0.2) is 24.5 Å². The first kappa shape index (κ1) is 17.8. The number of carbonyl (C=O) groups excluding carboxylic acids is 1. The molecule has 5 rings (SSSR count). The van der Waals surface area contributed by atoms with Crippen LogP contribution in [0.1, 0.15) is 25.7 Å². The number of aromatic nitrogens is 3. The Kier molecular flexibility index (Phi) is 4.86. The van der Waals surface area contributed by atoms with Crippen LogP contribution < -0.4 is 14.7 Å². The molecule has 2 aliphatic heterocycles. The lowest BCUT2D eigenvalue weighted by molar-refractivity contribution is 0.187. The SMILES string of the molecule is O=C1N(c2ccncc2)CCN1c1nnc(N2CCN(C3CCCC3)CC2)s1. The summed E-state index contributed by atoms with van der Waals surface area (Å²) in [6.07, 6.45) is 8.89. The first-order chi connectivity index (χ1) is 13.8. The van der Waals surface area contributed by atoms with Gasteiger partial charge in [0.15, 0.2) is 0 Å². The average Bonchev–Trinajstić information content (AvgIpc) is 3.50. The molecular formula is C19H25N7OS. The van der Waals surface area contributed by atoms with E-state index >= 15 is 0 Å². The van der Waals surface area contributed by atoms with Crippen molar-refractivity contribution in [1.29, 1.82) is 0 Å². The van der Waals surface area contributed by atoms with Crippen molar-refractivity contribution < 1.29 is 4.79 Å². The maximum Gasteiger partial charge on any atom is 0.330 e. The smallest absolute Gasteiger partial charge is 0.330 e. The molecule has 2 aromatic rings. The summed E-state index contributed by atoms with van der Waals surface area (Å²) >= 11 is 1.52. The molecule has 0 radical (unpaired) electrons. The molecule has 3 fully saturated rings. The highest BCUT2D eigenvalue weighted by atomic mass is 32.1. The molecule has 0 atom stereocenters. The summed E-state index contributed by atoms with van der Waals surface area (Å²) in [5, 5.41) is 10.3. The first-order valence-corrected chi connectivity index (χ1v) is 10.9. The minimum atomic E-state index is -0.0417. The van der Waals surface area contributed by atoms with Crippen molar-refractivity contribution in [1.82, 2.24) is 20.1 Å². The van der Waals surface area contributed by atoms with Crippen molar-refractivity contribution in [2.75, 3.05) is 54.0 Å². The molecule has 3 aliphatic rings. The summed E-state index contributed by atoms with van der Waals surface area (Å²) in [6.45, 7) is 5.45. The van der Waals surface area contributed by atoms with Gasteiger partial charge < -0.3 is 4.90 Å². The first-order valence-electron chi connectivity index (χ1n) is 10.1. The molecule has 0 unspecified atom stereocenters. The molecule has 0 spiro atoms. The third-order valence-electron chi connectivity index (χ3n) is 6.04. The van der Waals surface area contributed by atoms with E-state index in [0.717, 1.165) is 43.0 Å². The maximum atomic E-state index is 12.8. The van der Waals surface area contributed by atoms with Crippen LogP contribution in [0.25, 0.3) is 0 Å². The van der Waals surface area contributed by atoms with Crippen molar-refractivity contribution in [3.8, 4) is 0 Å². The third-order valence-corrected chi connectivity index (χ3v) is 7.05. The van der Waals surface area contributed by atoms with Gasteiger partial charge in [0.2, 0.25) is 10.3 Å². The number of urea groups is 1. The van der Waals surface area contributed by atoms with E-state index in [9.17, 15) is 4.79 Å². The van der Waals surface area contributed by atoms with Crippen LogP contribution in [-0.2, 0) is 0 Å². The Labute approximate surface area is 168 Å². The van der Waals surface area contributed by atoms with E-state index in [4.69, 9.17) is 0 Å². The van der Waals surface area contributed by atoms with Gasteiger partial charge in [0.25, 0.3) is 0 Å². The number of rotatable bonds is 4. The van der Waals surface area contributed by atoms with Crippen molar-refractivity contribution in [2.24, 2.45) is 0 Å². The summed E-state index contributed by atoms with van der Waals surface area (Å²) in [5.74, 6) is 0. The van der Waals surface area contributed by atoms with E-state index in [1.807, 2.05) is 12.1 Å². The van der Waals surface area contributed by atoms with Crippen molar-refractivity contribution in [2.45, 2.75) is 31.7 Å². The van der Waals surface area contributed by atoms with Gasteiger partial charge in [0, 0.05) is 63.4 Å². The molecule has 28 heavy (non-hydrogen) atoms. The zero-order valence-electron chi connectivity index (χ0n) is 15.9. The monoisotopic (exact) mass is 399 g/mol. The van der Waals surface area contributed by atoms with Gasteiger partial charge in [-0.3, -0.25) is 19.7 Å². The fourth-order valence-electron chi connectivity index (χ4n) is 4.47. The molecule has 2 amide bonds. The Morgan fingerprint density at radius 2 is 1.54 bits per heavy atom. The number of piperazine rings is 1. The van der Waals surface area contributed by atoms with Gasteiger partial charge in [0.05, 0.1) is 0 Å². The highest BCUT2D eigenvalue weighted by Gasteiger charge is 2.34. The largest absolute Gasteiger partial charge is 0.344 e. The van der Waals surface area contributed by atoms with Crippen molar-refractivity contribution in [3.63, 3.8) is 0 Å². The fraction of sp³-hybridized carbons (Fsp3) is 0.579. The number of hydrogen-bond donors (Lipinski definition) is 0. The zero-order chi connectivity index (χ0) is 18.9. The maximum absolute atomic E-state index is 12.8. The zero-order valence-corrected chi connectivity index (χ0v) is 16.7. The Balaban J connectivity index is 1.23. The lowest BCUT2D eigenvalue weighted by Gasteiger charge is -2.37. The predicted octanol–water partition coefficient (Wildman–Crippen LogP) is 2.44. The van der Waals surface area contributed by atoms with Crippen LogP contribution in [0, 0.1) is 0 Å². The number of amides is 2. The van der Waals surface area contributed by atoms with E-state index < -0.39 is 0 Å². The number of carbonyl (C=O) groups is 1. The van der Waals surface area contributed by atoms with Crippen LogP contribution in [0.2, 0.25) is 0 Å². The van der Waals surface area contributed by atoms with Gasteiger partial charge in [-0.25, -0.2) is 4.79 Å².